The molecule has 0 unspecified atom stereocenters. The average molecular weight is 224 g/mol. The van der Waals surface area contributed by atoms with Crippen molar-refractivity contribution in [1.29, 1.82) is 0 Å². The van der Waals surface area contributed by atoms with Crippen LogP contribution in [0.2, 0.25) is 0 Å². The second-order valence-electron chi connectivity index (χ2n) is 4.10. The van der Waals surface area contributed by atoms with E-state index in [1.165, 1.54) is 5.56 Å². The van der Waals surface area contributed by atoms with Crippen LogP contribution in [0, 0.1) is 0 Å². The molecule has 2 aromatic carbocycles. The van der Waals surface area contributed by atoms with Gasteiger partial charge in [0.1, 0.15) is 5.75 Å². The topological polar surface area (TPSA) is 26.3 Å². The lowest BCUT2D eigenvalue weighted by atomic mass is 9.97. The molecule has 17 heavy (non-hydrogen) atoms. The van der Waals surface area contributed by atoms with Crippen LogP contribution >= 0.6 is 0 Å². The molecule has 1 aliphatic heterocycles. The van der Waals surface area contributed by atoms with Crippen LogP contribution < -0.4 is 4.74 Å². The van der Waals surface area contributed by atoms with Gasteiger partial charge in [0, 0.05) is 17.5 Å². The maximum Gasteiger partial charge on any atom is 0.150 e. The van der Waals surface area contributed by atoms with E-state index in [1.54, 1.807) is 0 Å². The van der Waals surface area contributed by atoms with Gasteiger partial charge in [0.25, 0.3) is 0 Å². The fourth-order valence-electron chi connectivity index (χ4n) is 2.27. The zero-order valence-electron chi connectivity index (χ0n) is 9.35. The monoisotopic (exact) mass is 224 g/mol. The average Bonchev–Trinajstić information content (AvgIpc) is 2.86. The normalized spacial score (nSPS) is 12.9. The van der Waals surface area contributed by atoms with E-state index in [1.807, 2.05) is 36.4 Å². The van der Waals surface area contributed by atoms with Crippen LogP contribution in [0.3, 0.4) is 0 Å². The lowest BCUT2D eigenvalue weighted by Gasteiger charge is -2.09. The third-order valence-electron chi connectivity index (χ3n) is 3.09. The van der Waals surface area contributed by atoms with Gasteiger partial charge in [-0.2, -0.15) is 0 Å². The Morgan fingerprint density at radius 2 is 1.82 bits per heavy atom. The van der Waals surface area contributed by atoms with Crippen LogP contribution in [-0.2, 0) is 6.42 Å². The Balaban J connectivity index is 2.22. The number of hydrogen-bond acceptors (Lipinski definition) is 2. The van der Waals surface area contributed by atoms with Crippen molar-refractivity contribution < 1.29 is 9.53 Å². The predicted molar refractivity (Wildman–Crippen MR) is 66.5 cm³/mol. The largest absolute Gasteiger partial charge is 0.492 e. The highest BCUT2D eigenvalue weighted by molar-refractivity contribution is 5.89. The molecule has 0 bridgehead atoms. The van der Waals surface area contributed by atoms with Gasteiger partial charge in [-0.05, 0) is 11.1 Å². The minimum atomic E-state index is 0.705. The second-order valence-corrected chi connectivity index (χ2v) is 4.10. The lowest BCUT2D eigenvalue weighted by molar-refractivity contribution is 0.112. The van der Waals surface area contributed by atoms with Crippen molar-refractivity contribution in [1.82, 2.24) is 0 Å². The number of carbonyl (C=O) groups is 1. The number of benzene rings is 2. The second kappa shape index (κ2) is 4.06. The molecule has 84 valence electrons. The summed E-state index contributed by atoms with van der Waals surface area (Å²) < 4.78 is 5.67. The van der Waals surface area contributed by atoms with Crippen LogP contribution in [-0.4, -0.2) is 12.9 Å². The maximum atomic E-state index is 11.1. The molecular weight excluding hydrogens is 212 g/mol. The van der Waals surface area contributed by atoms with Crippen molar-refractivity contribution in [3.8, 4) is 16.9 Å². The van der Waals surface area contributed by atoms with Gasteiger partial charge in [0.2, 0.25) is 0 Å². The Labute approximate surface area is 99.9 Å². The summed E-state index contributed by atoms with van der Waals surface area (Å²) >= 11 is 0. The Morgan fingerprint density at radius 1 is 1.00 bits per heavy atom. The van der Waals surface area contributed by atoms with E-state index in [0.29, 0.717) is 5.56 Å². The molecule has 1 aliphatic rings. The van der Waals surface area contributed by atoms with Crippen molar-refractivity contribution in [3.63, 3.8) is 0 Å². The highest BCUT2D eigenvalue weighted by atomic mass is 16.5. The van der Waals surface area contributed by atoms with E-state index in [0.717, 1.165) is 36.2 Å². The van der Waals surface area contributed by atoms with Gasteiger partial charge in [0.05, 0.1) is 6.61 Å². The number of ether oxygens (including phenoxy) is 1. The van der Waals surface area contributed by atoms with Crippen molar-refractivity contribution in [2.24, 2.45) is 0 Å². The molecule has 0 atom stereocenters. The van der Waals surface area contributed by atoms with Crippen LogP contribution in [0.5, 0.6) is 5.75 Å². The first-order chi connectivity index (χ1) is 8.40. The molecule has 2 aromatic rings. The van der Waals surface area contributed by atoms with Crippen molar-refractivity contribution in [3.05, 3.63) is 53.6 Å². The maximum absolute atomic E-state index is 11.1. The summed E-state index contributed by atoms with van der Waals surface area (Å²) in [4.78, 5) is 11.1. The summed E-state index contributed by atoms with van der Waals surface area (Å²) in [6.45, 7) is 0.732. The van der Waals surface area contributed by atoms with Gasteiger partial charge in [-0.3, -0.25) is 4.79 Å². The minimum absolute atomic E-state index is 0.705. The van der Waals surface area contributed by atoms with Gasteiger partial charge in [-0.1, -0.05) is 42.5 Å². The smallest absolute Gasteiger partial charge is 0.150 e. The minimum Gasteiger partial charge on any atom is -0.492 e. The van der Waals surface area contributed by atoms with E-state index in [-0.39, 0.29) is 0 Å². The predicted octanol–water partition coefficient (Wildman–Crippen LogP) is 3.10. The van der Waals surface area contributed by atoms with E-state index >= 15 is 0 Å². The quantitative estimate of drug-likeness (QED) is 0.733. The first-order valence-electron chi connectivity index (χ1n) is 5.69. The zero-order chi connectivity index (χ0) is 11.7. The lowest BCUT2D eigenvalue weighted by Crippen LogP contribution is -1.91. The number of fused-ring (bicyclic) bond motifs is 1. The highest BCUT2D eigenvalue weighted by Gasteiger charge is 2.18. The highest BCUT2D eigenvalue weighted by Crippen LogP contribution is 2.37. The van der Waals surface area contributed by atoms with E-state index in [4.69, 9.17) is 4.74 Å². The van der Waals surface area contributed by atoms with Gasteiger partial charge in [0.15, 0.2) is 6.29 Å². The molecule has 2 heteroatoms. The van der Waals surface area contributed by atoms with Gasteiger partial charge in [-0.15, -0.1) is 0 Å². The molecule has 0 N–H and O–H groups in total. The summed E-state index contributed by atoms with van der Waals surface area (Å²) in [6, 6.07) is 13.7. The molecule has 0 saturated carbocycles. The van der Waals surface area contributed by atoms with Crippen LogP contribution in [0.1, 0.15) is 15.9 Å². The van der Waals surface area contributed by atoms with Crippen molar-refractivity contribution in [2.75, 3.05) is 6.61 Å². The van der Waals surface area contributed by atoms with Gasteiger partial charge >= 0.3 is 0 Å². The molecule has 0 radical (unpaired) electrons. The molecule has 0 fully saturated rings. The summed E-state index contributed by atoms with van der Waals surface area (Å²) in [5.41, 5.74) is 3.89. The number of aldehydes is 1. The van der Waals surface area contributed by atoms with Crippen LogP contribution in [0.15, 0.2) is 42.5 Å². The first-order valence-corrected chi connectivity index (χ1v) is 5.69. The van der Waals surface area contributed by atoms with E-state index in [2.05, 4.69) is 6.07 Å². The zero-order valence-corrected chi connectivity index (χ0v) is 9.35. The summed E-state index contributed by atoms with van der Waals surface area (Å²) in [6.07, 6.45) is 1.84. The Kier molecular flexibility index (Phi) is 2.41. The molecular formula is C15H12O2. The number of para-hydroxylation sites is 1. The molecule has 1 heterocycles. The van der Waals surface area contributed by atoms with E-state index in [9.17, 15) is 4.79 Å². The molecule has 2 nitrogen and oxygen atoms in total. The van der Waals surface area contributed by atoms with Crippen molar-refractivity contribution in [2.45, 2.75) is 6.42 Å². The summed E-state index contributed by atoms with van der Waals surface area (Å²) in [5, 5.41) is 0. The summed E-state index contributed by atoms with van der Waals surface area (Å²) in [5.74, 6) is 0.932. The first kappa shape index (κ1) is 10.1. The third-order valence-corrected chi connectivity index (χ3v) is 3.09. The van der Waals surface area contributed by atoms with E-state index < -0.39 is 0 Å². The van der Waals surface area contributed by atoms with Gasteiger partial charge < -0.3 is 4.74 Å². The molecule has 0 saturated heterocycles. The van der Waals surface area contributed by atoms with Crippen LogP contribution in [0.25, 0.3) is 11.1 Å². The Hall–Kier alpha value is -2.09. The third kappa shape index (κ3) is 1.62. The van der Waals surface area contributed by atoms with Crippen molar-refractivity contribution >= 4 is 6.29 Å². The molecule has 0 amide bonds. The van der Waals surface area contributed by atoms with Crippen LogP contribution in [0.4, 0.5) is 0 Å². The molecule has 0 aliphatic carbocycles. The fraction of sp³-hybridized carbons (Fsp3) is 0.133. The standard InChI is InChI=1S/C15H12O2/c16-10-12-4-1-2-6-13(12)14-7-3-5-11-8-9-17-15(11)14/h1-7,10H,8-9H2. The SMILES string of the molecule is O=Cc1ccccc1-c1cccc2c1OCC2. The Bertz CT molecular complexity index is 573. The molecule has 0 aromatic heterocycles. The number of rotatable bonds is 2. The number of hydrogen-bond donors (Lipinski definition) is 0. The van der Waals surface area contributed by atoms with Gasteiger partial charge in [-0.25, -0.2) is 0 Å². The fourth-order valence-corrected chi connectivity index (χ4v) is 2.27. The molecule has 3 rings (SSSR count). The molecule has 0 spiro atoms. The Morgan fingerprint density at radius 3 is 2.71 bits per heavy atom. The number of carbonyl (C=O) groups excluding carboxylic acids is 1. The summed E-state index contributed by atoms with van der Waals surface area (Å²) in [7, 11) is 0.